The van der Waals surface area contributed by atoms with Crippen molar-refractivity contribution in [3.05, 3.63) is 65.6 Å². The van der Waals surface area contributed by atoms with Gasteiger partial charge in [-0.1, -0.05) is 12.1 Å². The van der Waals surface area contributed by atoms with Gasteiger partial charge in [-0.15, -0.1) is 11.8 Å². The van der Waals surface area contributed by atoms with E-state index in [-0.39, 0.29) is 10.7 Å². The van der Waals surface area contributed by atoms with Crippen LogP contribution in [0.1, 0.15) is 23.6 Å². The molecule has 2 aromatic carbocycles. The Morgan fingerprint density at radius 1 is 1.23 bits per heavy atom. The molecule has 2 heterocycles. The highest BCUT2D eigenvalue weighted by molar-refractivity contribution is 7.99. The Morgan fingerprint density at radius 2 is 2.08 bits per heavy atom. The number of fused-ring (bicyclic) bond motifs is 2. The molecule has 0 bridgehead atoms. The molecule has 0 saturated carbocycles. The van der Waals surface area contributed by atoms with Gasteiger partial charge in [-0.2, -0.15) is 0 Å². The highest BCUT2D eigenvalue weighted by Gasteiger charge is 2.28. The van der Waals surface area contributed by atoms with Crippen LogP contribution >= 0.6 is 11.8 Å². The van der Waals surface area contributed by atoms with Crippen LogP contribution in [0.3, 0.4) is 0 Å². The number of hydrogen-bond acceptors (Lipinski definition) is 4. The van der Waals surface area contributed by atoms with Crippen molar-refractivity contribution in [3.63, 3.8) is 0 Å². The predicted octanol–water partition coefficient (Wildman–Crippen LogP) is 4.20. The smallest absolute Gasteiger partial charge is 0.243 e. The van der Waals surface area contributed by atoms with Crippen molar-refractivity contribution in [2.75, 3.05) is 5.75 Å². The van der Waals surface area contributed by atoms with Crippen LogP contribution in [0.2, 0.25) is 0 Å². The zero-order valence-electron chi connectivity index (χ0n) is 14.1. The van der Waals surface area contributed by atoms with Gasteiger partial charge in [-0.05, 0) is 60.6 Å². The molecule has 0 saturated heterocycles. The third-order valence-electron chi connectivity index (χ3n) is 4.41. The molecule has 134 valence electrons. The van der Waals surface area contributed by atoms with Crippen molar-refractivity contribution < 1.29 is 12.8 Å². The molecule has 26 heavy (non-hydrogen) atoms. The van der Waals surface area contributed by atoms with Gasteiger partial charge < -0.3 is 0 Å². The molecule has 1 aromatic heterocycles. The van der Waals surface area contributed by atoms with Gasteiger partial charge in [-0.25, -0.2) is 17.5 Å². The molecule has 0 amide bonds. The minimum Gasteiger partial charge on any atom is -0.255 e. The molecule has 0 fully saturated rings. The van der Waals surface area contributed by atoms with E-state index >= 15 is 0 Å². The lowest BCUT2D eigenvalue weighted by Gasteiger charge is -2.26. The summed E-state index contributed by atoms with van der Waals surface area (Å²) in [4.78, 5) is 5.37. The van der Waals surface area contributed by atoms with E-state index in [0.29, 0.717) is 17.5 Å². The number of sulfonamides is 1. The molecule has 4 rings (SSSR count). The fourth-order valence-corrected chi connectivity index (χ4v) is 5.73. The summed E-state index contributed by atoms with van der Waals surface area (Å²) >= 11 is 1.61. The van der Waals surface area contributed by atoms with Crippen LogP contribution in [0, 0.1) is 12.7 Å². The van der Waals surface area contributed by atoms with Crippen molar-refractivity contribution in [2.45, 2.75) is 29.2 Å². The van der Waals surface area contributed by atoms with Crippen molar-refractivity contribution in [1.82, 2.24) is 9.71 Å². The number of rotatable bonds is 3. The molecular formula is C19H17FN2O2S2. The number of nitrogens with one attached hydrogen (secondary N) is 1. The number of para-hydroxylation sites is 1. The van der Waals surface area contributed by atoms with E-state index in [9.17, 15) is 12.8 Å². The van der Waals surface area contributed by atoms with Gasteiger partial charge in [-0.3, -0.25) is 4.98 Å². The van der Waals surface area contributed by atoms with Crippen LogP contribution in [0.4, 0.5) is 4.39 Å². The van der Waals surface area contributed by atoms with E-state index < -0.39 is 16.1 Å². The number of halogens is 1. The average molecular weight is 388 g/mol. The lowest BCUT2D eigenvalue weighted by Crippen LogP contribution is -2.31. The van der Waals surface area contributed by atoms with Gasteiger partial charge in [0, 0.05) is 22.5 Å². The van der Waals surface area contributed by atoms with Crippen LogP contribution in [0.15, 0.2) is 58.5 Å². The number of thioether (sulfide) groups is 1. The summed E-state index contributed by atoms with van der Waals surface area (Å²) in [7, 11) is -3.80. The summed E-state index contributed by atoms with van der Waals surface area (Å²) < 4.78 is 42.5. The Kier molecular flexibility index (Phi) is 4.46. The van der Waals surface area contributed by atoms with Crippen molar-refractivity contribution in [2.24, 2.45) is 0 Å². The third kappa shape index (κ3) is 3.22. The quantitative estimate of drug-likeness (QED) is 0.731. The van der Waals surface area contributed by atoms with Gasteiger partial charge in [0.05, 0.1) is 5.52 Å². The fraction of sp³-hybridized carbons (Fsp3) is 0.211. The second kappa shape index (κ2) is 6.64. The van der Waals surface area contributed by atoms with Gasteiger partial charge in [0.25, 0.3) is 0 Å². The zero-order valence-corrected chi connectivity index (χ0v) is 15.7. The maximum atomic E-state index is 13.7. The zero-order chi connectivity index (χ0) is 18.3. The first-order chi connectivity index (χ1) is 12.4. The SMILES string of the molecule is Cc1cnc2c(S(=O)(=O)N[C@H]3CCSc4ccc(F)cc43)cccc2c1. The lowest BCUT2D eigenvalue weighted by molar-refractivity contribution is 0.542. The normalized spacial score (nSPS) is 17.2. The van der Waals surface area contributed by atoms with E-state index in [2.05, 4.69) is 9.71 Å². The second-order valence-electron chi connectivity index (χ2n) is 6.33. The molecular weight excluding hydrogens is 371 g/mol. The van der Waals surface area contributed by atoms with E-state index in [1.54, 1.807) is 36.2 Å². The third-order valence-corrected chi connectivity index (χ3v) is 7.03. The van der Waals surface area contributed by atoms with Gasteiger partial charge in [0.15, 0.2) is 0 Å². The van der Waals surface area contributed by atoms with Crippen LogP contribution in [0.25, 0.3) is 10.9 Å². The summed E-state index contributed by atoms with van der Waals surface area (Å²) in [6.45, 7) is 1.91. The maximum absolute atomic E-state index is 13.7. The first kappa shape index (κ1) is 17.5. The number of hydrogen-bond donors (Lipinski definition) is 1. The Bertz CT molecular complexity index is 1100. The average Bonchev–Trinajstić information content (AvgIpc) is 2.61. The van der Waals surface area contributed by atoms with Gasteiger partial charge >= 0.3 is 0 Å². The summed E-state index contributed by atoms with van der Waals surface area (Å²) in [5.41, 5.74) is 2.10. The Hall–Kier alpha value is -1.96. The first-order valence-electron chi connectivity index (χ1n) is 8.24. The van der Waals surface area contributed by atoms with E-state index in [0.717, 1.165) is 21.6 Å². The molecule has 1 atom stereocenters. The molecule has 0 spiro atoms. The highest BCUT2D eigenvalue weighted by Crippen LogP contribution is 2.37. The largest absolute Gasteiger partial charge is 0.255 e. The van der Waals surface area contributed by atoms with E-state index in [1.807, 2.05) is 19.1 Å². The molecule has 0 radical (unpaired) electrons. The van der Waals surface area contributed by atoms with Crippen molar-refractivity contribution in [3.8, 4) is 0 Å². The molecule has 7 heteroatoms. The standard InChI is InChI=1S/C19H17FN2O2S2/c1-12-9-13-3-2-4-18(19(13)21-11-12)26(23,24)22-16-7-8-25-17-6-5-14(20)10-15(16)17/h2-6,9-11,16,22H,7-8H2,1H3/t16-/m0/s1. The summed E-state index contributed by atoms with van der Waals surface area (Å²) in [6.07, 6.45) is 2.26. The van der Waals surface area contributed by atoms with Crippen LogP contribution in [0.5, 0.6) is 0 Å². The molecule has 1 aliphatic heterocycles. The summed E-state index contributed by atoms with van der Waals surface area (Å²) in [5.74, 6) is 0.413. The number of aromatic nitrogens is 1. The second-order valence-corrected chi connectivity index (χ2v) is 9.15. The first-order valence-corrected chi connectivity index (χ1v) is 10.7. The molecule has 1 N–H and O–H groups in total. The highest BCUT2D eigenvalue weighted by atomic mass is 32.2. The topological polar surface area (TPSA) is 59.1 Å². The van der Waals surface area contributed by atoms with E-state index in [4.69, 9.17) is 0 Å². The minimum atomic E-state index is -3.80. The number of aryl methyl sites for hydroxylation is 1. The number of benzene rings is 2. The molecule has 0 aliphatic carbocycles. The van der Waals surface area contributed by atoms with Gasteiger partial charge in [0.1, 0.15) is 10.7 Å². The minimum absolute atomic E-state index is 0.145. The summed E-state index contributed by atoms with van der Waals surface area (Å²) in [5, 5.41) is 0.776. The van der Waals surface area contributed by atoms with Crippen molar-refractivity contribution >= 4 is 32.7 Å². The van der Waals surface area contributed by atoms with Crippen molar-refractivity contribution in [1.29, 1.82) is 0 Å². The summed E-state index contributed by atoms with van der Waals surface area (Å²) in [6, 6.07) is 11.1. The Balaban J connectivity index is 1.75. The molecule has 1 aliphatic rings. The molecule has 4 nitrogen and oxygen atoms in total. The van der Waals surface area contributed by atoms with Crippen LogP contribution in [-0.4, -0.2) is 19.2 Å². The monoisotopic (exact) mass is 388 g/mol. The Morgan fingerprint density at radius 3 is 2.92 bits per heavy atom. The lowest BCUT2D eigenvalue weighted by atomic mass is 10.0. The maximum Gasteiger partial charge on any atom is 0.243 e. The molecule has 3 aromatic rings. The van der Waals surface area contributed by atoms with E-state index in [1.165, 1.54) is 12.1 Å². The Labute approximate surface area is 155 Å². The number of nitrogens with zero attached hydrogens (tertiary/aromatic N) is 1. The van der Waals surface area contributed by atoms with Crippen LogP contribution < -0.4 is 4.72 Å². The van der Waals surface area contributed by atoms with Crippen LogP contribution in [-0.2, 0) is 10.0 Å². The predicted molar refractivity (Wildman–Crippen MR) is 101 cm³/mol. The van der Waals surface area contributed by atoms with Gasteiger partial charge in [0.2, 0.25) is 10.0 Å². The molecule has 0 unspecified atom stereocenters. The fourth-order valence-electron chi connectivity index (χ4n) is 3.20. The number of pyridine rings is 1.